The molecule has 2 aliphatic rings. The quantitative estimate of drug-likeness (QED) is 0.206. The van der Waals surface area contributed by atoms with Gasteiger partial charge in [0.1, 0.15) is 5.82 Å². The molecule has 2 heterocycles. The minimum Gasteiger partial charge on any atom is -0.299 e. The average Bonchev–Trinajstić information content (AvgIpc) is 3.33. The second kappa shape index (κ2) is 9.52. The Morgan fingerprint density at radius 2 is 1.43 bits per heavy atom. The lowest BCUT2D eigenvalue weighted by atomic mass is 9.83. The molecule has 3 aromatic carbocycles. The fourth-order valence-electron chi connectivity index (χ4n) is 7.34. The van der Waals surface area contributed by atoms with Gasteiger partial charge in [-0.2, -0.15) is 0 Å². The minimum atomic E-state index is 0.111. The van der Waals surface area contributed by atoms with Crippen molar-refractivity contribution in [1.29, 1.82) is 0 Å². The Morgan fingerprint density at radius 1 is 0.738 bits per heavy atom. The molecule has 1 unspecified atom stereocenters. The predicted octanol–water partition coefficient (Wildman–Crippen LogP) is 10.1. The number of imidazole rings is 1. The van der Waals surface area contributed by atoms with Crippen LogP contribution in [0, 0.1) is 5.41 Å². The number of hydrogen-bond acceptors (Lipinski definition) is 2. The van der Waals surface area contributed by atoms with E-state index in [1.54, 1.807) is 0 Å². The predicted molar refractivity (Wildman–Crippen MR) is 174 cm³/mol. The Kier molecular flexibility index (Phi) is 6.10. The van der Waals surface area contributed by atoms with Crippen LogP contribution in [0.5, 0.6) is 0 Å². The summed E-state index contributed by atoms with van der Waals surface area (Å²) in [4.78, 5) is 9.56. The first kappa shape index (κ1) is 26.9. The monoisotopic (exact) mass is 551 g/mol. The highest BCUT2D eigenvalue weighted by molar-refractivity contribution is 5.83. The first-order valence-corrected chi connectivity index (χ1v) is 15.5. The van der Waals surface area contributed by atoms with E-state index in [1.807, 2.05) is 18.6 Å². The maximum absolute atomic E-state index is 5.13. The number of hydrogen-bond donors (Lipinski definition) is 0. The van der Waals surface area contributed by atoms with E-state index in [-0.39, 0.29) is 10.8 Å². The summed E-state index contributed by atoms with van der Waals surface area (Å²) in [6.07, 6.45) is 10.3. The normalized spacial score (nSPS) is 18.4. The van der Waals surface area contributed by atoms with Gasteiger partial charge in [-0.05, 0) is 103 Å². The summed E-state index contributed by atoms with van der Waals surface area (Å²) >= 11 is 0. The van der Waals surface area contributed by atoms with Crippen LogP contribution in [-0.4, -0.2) is 14.5 Å². The van der Waals surface area contributed by atoms with Gasteiger partial charge in [0, 0.05) is 36.8 Å². The lowest BCUT2D eigenvalue weighted by molar-refractivity contribution is 0.529. The maximum Gasteiger partial charge on any atom is 0.144 e. The Bertz CT molecular complexity index is 1790. The fourth-order valence-corrected chi connectivity index (χ4v) is 7.34. The molecule has 2 aromatic heterocycles. The summed E-state index contributed by atoms with van der Waals surface area (Å²) in [6.45, 7) is 16.5. The lowest BCUT2D eigenvalue weighted by Gasteiger charge is -2.26. The number of fused-ring (bicyclic) bond motifs is 3. The van der Waals surface area contributed by atoms with E-state index >= 15 is 0 Å². The van der Waals surface area contributed by atoms with Crippen LogP contribution in [0.1, 0.15) is 94.5 Å². The van der Waals surface area contributed by atoms with Crippen molar-refractivity contribution in [3.05, 3.63) is 113 Å². The topological polar surface area (TPSA) is 30.7 Å². The van der Waals surface area contributed by atoms with Crippen molar-refractivity contribution in [2.45, 2.75) is 78.6 Å². The molecular formula is C39H41N3. The molecule has 212 valence electrons. The van der Waals surface area contributed by atoms with E-state index in [0.29, 0.717) is 11.8 Å². The van der Waals surface area contributed by atoms with Gasteiger partial charge in [-0.25, -0.2) is 4.98 Å². The van der Waals surface area contributed by atoms with E-state index in [4.69, 9.17) is 4.98 Å². The molecule has 5 aromatic rings. The van der Waals surface area contributed by atoms with Gasteiger partial charge in [0.15, 0.2) is 0 Å². The highest BCUT2D eigenvalue weighted by Gasteiger charge is 2.59. The molecule has 42 heavy (non-hydrogen) atoms. The van der Waals surface area contributed by atoms with E-state index < -0.39 is 0 Å². The van der Waals surface area contributed by atoms with Crippen molar-refractivity contribution in [2.24, 2.45) is 5.41 Å². The van der Waals surface area contributed by atoms with E-state index in [1.165, 1.54) is 67.7 Å². The zero-order chi connectivity index (χ0) is 29.4. The van der Waals surface area contributed by atoms with Gasteiger partial charge in [0.05, 0.1) is 5.69 Å². The van der Waals surface area contributed by atoms with Crippen molar-refractivity contribution in [3.8, 4) is 39.3 Å². The molecule has 1 saturated carbocycles. The third-order valence-electron chi connectivity index (χ3n) is 10.2. The van der Waals surface area contributed by atoms with Crippen molar-refractivity contribution < 1.29 is 0 Å². The van der Waals surface area contributed by atoms with Crippen LogP contribution in [0.25, 0.3) is 39.3 Å². The van der Waals surface area contributed by atoms with Crippen LogP contribution in [0.15, 0.2) is 85.5 Å². The largest absolute Gasteiger partial charge is 0.299 e. The number of nitrogens with zero attached hydrogens (tertiary/aromatic N) is 3. The number of rotatable bonds is 6. The first-order valence-electron chi connectivity index (χ1n) is 15.5. The molecule has 1 fully saturated rings. The van der Waals surface area contributed by atoms with E-state index in [9.17, 15) is 0 Å². The van der Waals surface area contributed by atoms with Gasteiger partial charge in [-0.15, -0.1) is 0 Å². The Labute approximate surface area is 250 Å². The molecule has 0 saturated heterocycles. The van der Waals surface area contributed by atoms with Crippen LogP contribution in [0.2, 0.25) is 0 Å². The highest BCUT2D eigenvalue weighted by Crippen LogP contribution is 2.66. The summed E-state index contributed by atoms with van der Waals surface area (Å²) in [5.74, 6) is 1.75. The summed E-state index contributed by atoms with van der Waals surface area (Å²) < 4.78 is 2.39. The first-order chi connectivity index (χ1) is 20.1. The van der Waals surface area contributed by atoms with Crippen molar-refractivity contribution in [1.82, 2.24) is 14.5 Å². The second-order valence-electron chi connectivity index (χ2n) is 14.0. The van der Waals surface area contributed by atoms with Gasteiger partial charge in [-0.3, -0.25) is 9.55 Å². The van der Waals surface area contributed by atoms with Crippen LogP contribution >= 0.6 is 0 Å². The third-order valence-corrected chi connectivity index (χ3v) is 10.2. The number of benzene rings is 3. The summed E-state index contributed by atoms with van der Waals surface area (Å²) in [6, 6.07) is 22.7. The van der Waals surface area contributed by atoms with Gasteiger partial charge in [-0.1, -0.05) is 84.9 Å². The number of pyridine rings is 1. The molecule has 3 nitrogen and oxygen atoms in total. The van der Waals surface area contributed by atoms with Crippen LogP contribution in [0.3, 0.4) is 0 Å². The molecule has 0 radical (unpaired) electrons. The maximum atomic E-state index is 5.13. The molecule has 1 atom stereocenters. The molecule has 0 aliphatic heterocycles. The fraction of sp³-hybridized carbons (Fsp3) is 0.333. The molecule has 0 N–H and O–H groups in total. The molecule has 0 spiro atoms. The SMILES string of the molecule is CC(C)c1cc(-c2ccccc2)cc(C(C)C)c1-n1ccnc1-c1cc2c(cc1C1(C)CC1(C)C)Cc1cnccc1-2. The molecule has 2 aliphatic carbocycles. The van der Waals surface area contributed by atoms with Gasteiger partial charge in [0.2, 0.25) is 0 Å². The Hall–Kier alpha value is -3.98. The smallest absolute Gasteiger partial charge is 0.144 e. The minimum absolute atomic E-state index is 0.111. The average molecular weight is 552 g/mol. The standard InChI is InChI=1S/C39H41N3/c1-24(2)31-18-27(26-11-9-8-10-12-26)19-32(25(3)4)36(31)42-16-15-41-37(42)34-21-33-28(17-29-22-40-14-13-30(29)33)20-35(34)39(7)23-38(39,5)6/h8-16,18-22,24-25H,17,23H2,1-7H3. The molecule has 0 bridgehead atoms. The molecule has 0 amide bonds. The summed E-state index contributed by atoms with van der Waals surface area (Å²) in [5.41, 5.74) is 15.0. The lowest BCUT2D eigenvalue weighted by Crippen LogP contribution is -2.14. The molecular weight excluding hydrogens is 510 g/mol. The van der Waals surface area contributed by atoms with Crippen LogP contribution < -0.4 is 0 Å². The van der Waals surface area contributed by atoms with Gasteiger partial charge < -0.3 is 0 Å². The van der Waals surface area contributed by atoms with Crippen molar-refractivity contribution >= 4 is 0 Å². The van der Waals surface area contributed by atoms with Crippen LogP contribution in [0.4, 0.5) is 0 Å². The zero-order valence-corrected chi connectivity index (χ0v) is 26.0. The van der Waals surface area contributed by atoms with Crippen molar-refractivity contribution in [3.63, 3.8) is 0 Å². The van der Waals surface area contributed by atoms with Gasteiger partial charge >= 0.3 is 0 Å². The highest BCUT2D eigenvalue weighted by atomic mass is 15.1. The Morgan fingerprint density at radius 3 is 2.07 bits per heavy atom. The van der Waals surface area contributed by atoms with Crippen LogP contribution in [-0.2, 0) is 11.8 Å². The van der Waals surface area contributed by atoms with Crippen molar-refractivity contribution in [2.75, 3.05) is 0 Å². The van der Waals surface area contributed by atoms with E-state index in [2.05, 4.69) is 125 Å². The molecule has 7 rings (SSSR count). The Balaban J connectivity index is 1.48. The van der Waals surface area contributed by atoms with E-state index in [0.717, 1.165) is 12.2 Å². The summed E-state index contributed by atoms with van der Waals surface area (Å²) in [5, 5.41) is 0. The molecule has 3 heteroatoms. The third kappa shape index (κ3) is 4.08. The van der Waals surface area contributed by atoms with Gasteiger partial charge in [0.25, 0.3) is 0 Å². The number of aromatic nitrogens is 3. The second-order valence-corrected chi connectivity index (χ2v) is 14.0. The summed E-state index contributed by atoms with van der Waals surface area (Å²) in [7, 11) is 0. The zero-order valence-electron chi connectivity index (χ0n) is 26.0.